The van der Waals surface area contributed by atoms with Crippen molar-refractivity contribution in [2.45, 2.75) is 25.3 Å². The van der Waals surface area contributed by atoms with Crippen LogP contribution in [0.25, 0.3) is 0 Å². The van der Waals surface area contributed by atoms with Crippen LogP contribution < -0.4 is 5.32 Å². The zero-order chi connectivity index (χ0) is 12.4. The summed E-state index contributed by atoms with van der Waals surface area (Å²) in [6.07, 6.45) is 5.07. The summed E-state index contributed by atoms with van der Waals surface area (Å²) < 4.78 is 0. The fraction of sp³-hybridized carbons (Fsp3) is 0.312. The summed E-state index contributed by atoms with van der Waals surface area (Å²) in [5.74, 6) is 0.564. The van der Waals surface area contributed by atoms with Gasteiger partial charge in [-0.1, -0.05) is 30.3 Å². The highest BCUT2D eigenvalue weighted by molar-refractivity contribution is 5.32. The molecule has 1 aliphatic heterocycles. The predicted molar refractivity (Wildman–Crippen MR) is 73.5 cm³/mol. The number of aromatic nitrogens is 1. The summed E-state index contributed by atoms with van der Waals surface area (Å²) in [6, 6.07) is 13.3. The smallest absolute Gasteiger partial charge is 0.0408 e. The van der Waals surface area contributed by atoms with Crippen LogP contribution in [-0.2, 0) is 0 Å². The Morgan fingerprint density at radius 1 is 1.17 bits per heavy atom. The van der Waals surface area contributed by atoms with E-state index in [9.17, 15) is 0 Å². The molecule has 2 aromatic rings. The van der Waals surface area contributed by atoms with Crippen molar-refractivity contribution in [3.05, 3.63) is 65.5 Å². The molecule has 2 atom stereocenters. The molecule has 0 saturated carbocycles. The second kappa shape index (κ2) is 4.91. The van der Waals surface area contributed by atoms with Crippen molar-refractivity contribution in [3.63, 3.8) is 0 Å². The number of pyridine rings is 1. The number of aryl methyl sites for hydroxylation is 1. The fourth-order valence-corrected chi connectivity index (χ4v) is 2.89. The van der Waals surface area contributed by atoms with E-state index >= 15 is 0 Å². The van der Waals surface area contributed by atoms with Crippen molar-refractivity contribution in [2.75, 3.05) is 6.54 Å². The minimum absolute atomic E-state index is 0.404. The summed E-state index contributed by atoms with van der Waals surface area (Å²) in [7, 11) is 0. The Hall–Kier alpha value is -1.67. The predicted octanol–water partition coefficient (Wildman–Crippen LogP) is 3.21. The van der Waals surface area contributed by atoms with Crippen LogP contribution in [0.5, 0.6) is 0 Å². The van der Waals surface area contributed by atoms with E-state index in [0.717, 1.165) is 6.54 Å². The first-order chi connectivity index (χ1) is 8.86. The third kappa shape index (κ3) is 2.04. The first-order valence-electron chi connectivity index (χ1n) is 6.55. The van der Waals surface area contributed by atoms with E-state index in [0.29, 0.717) is 12.0 Å². The molecule has 3 rings (SSSR count). The van der Waals surface area contributed by atoms with Crippen LogP contribution in [0, 0.1) is 6.92 Å². The molecule has 18 heavy (non-hydrogen) atoms. The lowest BCUT2D eigenvalue weighted by Crippen LogP contribution is -2.18. The molecule has 2 unspecified atom stereocenters. The molecule has 1 fully saturated rings. The lowest BCUT2D eigenvalue weighted by molar-refractivity contribution is 0.573. The van der Waals surface area contributed by atoms with Gasteiger partial charge in [-0.2, -0.15) is 0 Å². The van der Waals surface area contributed by atoms with Gasteiger partial charge in [-0.15, -0.1) is 0 Å². The molecule has 1 saturated heterocycles. The van der Waals surface area contributed by atoms with Gasteiger partial charge in [0.1, 0.15) is 0 Å². The molecule has 0 aliphatic carbocycles. The first kappa shape index (κ1) is 11.4. The van der Waals surface area contributed by atoms with Gasteiger partial charge in [-0.05, 0) is 42.6 Å². The van der Waals surface area contributed by atoms with Crippen molar-refractivity contribution in [2.24, 2.45) is 0 Å². The molecule has 1 aliphatic rings. The van der Waals surface area contributed by atoms with Gasteiger partial charge in [0, 0.05) is 24.4 Å². The molecule has 0 radical (unpaired) electrons. The van der Waals surface area contributed by atoms with Gasteiger partial charge >= 0.3 is 0 Å². The number of hydrogen-bond donors (Lipinski definition) is 1. The van der Waals surface area contributed by atoms with E-state index in [-0.39, 0.29) is 0 Å². The molecule has 0 amide bonds. The summed E-state index contributed by atoms with van der Waals surface area (Å²) in [6.45, 7) is 3.25. The summed E-state index contributed by atoms with van der Waals surface area (Å²) in [5, 5.41) is 3.62. The third-order valence-corrected chi connectivity index (χ3v) is 3.86. The molecule has 0 spiro atoms. The molecule has 2 nitrogen and oxygen atoms in total. The highest BCUT2D eigenvalue weighted by Gasteiger charge is 2.30. The second-order valence-electron chi connectivity index (χ2n) is 4.97. The van der Waals surface area contributed by atoms with Crippen molar-refractivity contribution in [1.29, 1.82) is 0 Å². The van der Waals surface area contributed by atoms with E-state index in [1.807, 2.05) is 12.4 Å². The van der Waals surface area contributed by atoms with Gasteiger partial charge in [0.15, 0.2) is 0 Å². The molecular weight excluding hydrogens is 220 g/mol. The Bertz CT molecular complexity index is 522. The summed E-state index contributed by atoms with van der Waals surface area (Å²) in [5.41, 5.74) is 4.09. The molecular formula is C16H18N2. The highest BCUT2D eigenvalue weighted by atomic mass is 15.0. The maximum atomic E-state index is 4.28. The average molecular weight is 238 g/mol. The van der Waals surface area contributed by atoms with E-state index < -0.39 is 0 Å². The van der Waals surface area contributed by atoms with Crippen LogP contribution in [0.4, 0.5) is 0 Å². The molecule has 1 aromatic carbocycles. The van der Waals surface area contributed by atoms with Crippen LogP contribution >= 0.6 is 0 Å². The van der Waals surface area contributed by atoms with Crippen molar-refractivity contribution >= 4 is 0 Å². The largest absolute Gasteiger partial charge is 0.309 e. The maximum absolute atomic E-state index is 4.28. The zero-order valence-corrected chi connectivity index (χ0v) is 10.6. The summed E-state index contributed by atoms with van der Waals surface area (Å²) in [4.78, 5) is 4.28. The van der Waals surface area contributed by atoms with E-state index in [2.05, 4.69) is 53.6 Å². The number of hydrogen-bond acceptors (Lipinski definition) is 2. The first-order valence-corrected chi connectivity index (χ1v) is 6.55. The number of nitrogens with one attached hydrogen (secondary N) is 1. The van der Waals surface area contributed by atoms with Gasteiger partial charge in [-0.25, -0.2) is 0 Å². The molecule has 2 heterocycles. The van der Waals surface area contributed by atoms with Crippen molar-refractivity contribution in [3.8, 4) is 0 Å². The Labute approximate surface area is 108 Å². The quantitative estimate of drug-likeness (QED) is 0.869. The Morgan fingerprint density at radius 3 is 2.78 bits per heavy atom. The number of rotatable bonds is 2. The lowest BCUT2D eigenvalue weighted by Gasteiger charge is -2.21. The lowest BCUT2D eigenvalue weighted by atomic mass is 9.87. The van der Waals surface area contributed by atoms with Crippen LogP contribution in [0.2, 0.25) is 0 Å². The monoisotopic (exact) mass is 238 g/mol. The topological polar surface area (TPSA) is 24.9 Å². The van der Waals surface area contributed by atoms with Gasteiger partial charge in [0.05, 0.1) is 0 Å². The van der Waals surface area contributed by atoms with Crippen LogP contribution in [0.15, 0.2) is 48.8 Å². The normalized spacial score (nSPS) is 23.2. The molecule has 2 heteroatoms. The zero-order valence-electron chi connectivity index (χ0n) is 10.6. The number of benzene rings is 1. The van der Waals surface area contributed by atoms with Gasteiger partial charge in [0.25, 0.3) is 0 Å². The van der Waals surface area contributed by atoms with E-state index in [4.69, 9.17) is 0 Å². The highest BCUT2D eigenvalue weighted by Crippen LogP contribution is 2.38. The SMILES string of the molecule is Cc1ccncc1C1NCCC1c1ccccc1. The van der Waals surface area contributed by atoms with Crippen LogP contribution in [0.3, 0.4) is 0 Å². The minimum atomic E-state index is 0.404. The van der Waals surface area contributed by atoms with Crippen molar-refractivity contribution in [1.82, 2.24) is 10.3 Å². The van der Waals surface area contributed by atoms with Crippen LogP contribution in [-0.4, -0.2) is 11.5 Å². The van der Waals surface area contributed by atoms with Crippen molar-refractivity contribution < 1.29 is 0 Å². The minimum Gasteiger partial charge on any atom is -0.309 e. The van der Waals surface area contributed by atoms with E-state index in [1.165, 1.54) is 23.1 Å². The standard InChI is InChI=1S/C16H18N2/c1-12-7-9-17-11-15(12)16-14(8-10-18-16)13-5-3-2-4-6-13/h2-7,9,11,14,16,18H,8,10H2,1H3. The molecule has 0 bridgehead atoms. The Morgan fingerprint density at radius 2 is 2.00 bits per heavy atom. The Kier molecular flexibility index (Phi) is 3.11. The van der Waals surface area contributed by atoms with Gasteiger partial charge in [-0.3, -0.25) is 4.98 Å². The maximum Gasteiger partial charge on any atom is 0.0408 e. The Balaban J connectivity index is 1.95. The molecule has 92 valence electrons. The van der Waals surface area contributed by atoms with Gasteiger partial charge in [0.2, 0.25) is 0 Å². The molecule has 1 N–H and O–H groups in total. The van der Waals surface area contributed by atoms with Gasteiger partial charge < -0.3 is 5.32 Å². The second-order valence-corrected chi connectivity index (χ2v) is 4.97. The fourth-order valence-electron chi connectivity index (χ4n) is 2.89. The summed E-state index contributed by atoms with van der Waals surface area (Å²) >= 11 is 0. The number of nitrogens with zero attached hydrogens (tertiary/aromatic N) is 1. The van der Waals surface area contributed by atoms with Crippen LogP contribution in [0.1, 0.15) is 35.1 Å². The average Bonchev–Trinajstić information content (AvgIpc) is 2.89. The van der Waals surface area contributed by atoms with E-state index in [1.54, 1.807) is 0 Å². The third-order valence-electron chi connectivity index (χ3n) is 3.86. The molecule has 1 aromatic heterocycles.